The van der Waals surface area contributed by atoms with Gasteiger partial charge in [-0.2, -0.15) is 4.33 Å². The number of rotatable bonds is 18. The molecule has 6 heterocycles. The molecule has 0 radical (unpaired) electrons. The predicted molar refractivity (Wildman–Crippen MR) is 280 cm³/mol. The van der Waals surface area contributed by atoms with Gasteiger partial charge in [0, 0.05) is 52.4 Å². The average molecular weight is 1160 g/mol. The van der Waals surface area contributed by atoms with E-state index in [0.717, 1.165) is 61.3 Å². The number of hydrogen-bond acceptors (Lipinski definition) is 19. The molecule has 27 heteroatoms. The van der Waals surface area contributed by atoms with Crippen LogP contribution < -0.4 is 9.44 Å². The van der Waals surface area contributed by atoms with Crippen LogP contribution >= 0.6 is 91.7 Å². The number of aryl methyl sites for hydroxylation is 1. The first kappa shape index (κ1) is 55.4. The Morgan fingerprint density at radius 2 is 0.971 bits per heavy atom. The van der Waals surface area contributed by atoms with Crippen LogP contribution in [0, 0.1) is 6.92 Å². The lowest BCUT2D eigenvalue weighted by atomic mass is 10.2. The first-order valence-electron chi connectivity index (χ1n) is 20.0. The molecule has 8 rings (SSSR count). The summed E-state index contributed by atoms with van der Waals surface area (Å²) in [6.45, 7) is 2.41. The number of aromatic nitrogens is 6. The van der Waals surface area contributed by atoms with Crippen LogP contribution in [0.1, 0.15) is 17.0 Å². The molecule has 0 atom stereocenters. The van der Waals surface area contributed by atoms with Crippen LogP contribution in [0.4, 0.5) is 0 Å². The molecule has 0 aliphatic heterocycles. The fraction of sp³-hybridized carbons (Fsp3) is 0.163. The van der Waals surface area contributed by atoms with Gasteiger partial charge in [0.05, 0.1) is 38.8 Å². The van der Waals surface area contributed by atoms with Gasteiger partial charge in [-0.3, -0.25) is 0 Å². The summed E-state index contributed by atoms with van der Waals surface area (Å²) in [4.78, 5) is 31.8. The normalized spacial score (nSPS) is 11.6. The number of benzene rings is 2. The van der Waals surface area contributed by atoms with Crippen LogP contribution in [0.3, 0.4) is 0 Å². The zero-order valence-corrected chi connectivity index (χ0v) is 45.5. The van der Waals surface area contributed by atoms with E-state index in [1.54, 1.807) is 98.3 Å². The predicted octanol–water partition coefficient (Wildman–Crippen LogP) is 10.5. The number of thiophene rings is 3. The molecule has 6 aromatic heterocycles. The summed E-state index contributed by atoms with van der Waals surface area (Å²) in [5.74, 6) is 0.649. The lowest BCUT2D eigenvalue weighted by molar-refractivity contribution is -0.160. The van der Waals surface area contributed by atoms with Gasteiger partial charge in [-0.25, -0.2) is 69.5 Å². The Morgan fingerprint density at radius 1 is 0.557 bits per heavy atom. The van der Waals surface area contributed by atoms with Crippen molar-refractivity contribution in [1.82, 2.24) is 39.3 Å². The second-order valence-electron chi connectivity index (χ2n) is 13.8. The molecule has 368 valence electrons. The van der Waals surface area contributed by atoms with Gasteiger partial charge >= 0.3 is 0 Å². The summed E-state index contributed by atoms with van der Waals surface area (Å²) in [7, 11) is -4.16. The van der Waals surface area contributed by atoms with Gasteiger partial charge < -0.3 is 0 Å². The fourth-order valence-corrected chi connectivity index (χ4v) is 13.4. The van der Waals surface area contributed by atoms with Crippen molar-refractivity contribution >= 4 is 121 Å². The van der Waals surface area contributed by atoms with Crippen molar-refractivity contribution in [2.24, 2.45) is 0 Å². The lowest BCUT2D eigenvalue weighted by Gasteiger charge is -2.05. The molecule has 0 spiro atoms. The van der Waals surface area contributed by atoms with E-state index >= 15 is 0 Å². The maximum atomic E-state index is 12.5. The summed E-state index contributed by atoms with van der Waals surface area (Å²) >= 11 is 17.4. The highest BCUT2D eigenvalue weighted by molar-refractivity contribution is 8.15. The van der Waals surface area contributed by atoms with E-state index in [9.17, 15) is 25.3 Å². The molecular weight excluding hydrogens is 1120 g/mol. The van der Waals surface area contributed by atoms with Crippen LogP contribution in [0.5, 0.6) is 0 Å². The standard InChI is InChI=1S/C17H16ClN3O4S3.C17H16ClN3O2S2.C9H7ClN2O2S3/c1-24-25-27-17-19-10-9-14(21-17)15-6-7-16(26-15)28(22,23)20-11-8-12-2-4-13(18)5-3-12;1-12-19-10-9-15(21-12)16-6-7-17(24-16)25(22,23)20-11-8-13-2-4-14(18)5-3-13;1-15-9-11-5-4-6(12-9)7-2-3-8(16-7)17(10,13)14/h2-7,9-10,20H,8,11H2,1H3;2-7,9-10,20H,8,11H2,1H3;2-5H,1H3. The molecule has 0 saturated carbocycles. The third kappa shape index (κ3) is 16.8. The third-order valence-electron chi connectivity index (χ3n) is 8.91. The number of halogens is 3. The van der Waals surface area contributed by atoms with Crippen molar-refractivity contribution in [3.63, 3.8) is 0 Å². The number of nitrogens with zero attached hydrogens (tertiary/aromatic N) is 6. The molecule has 0 bridgehead atoms. The molecule has 70 heavy (non-hydrogen) atoms. The largest absolute Gasteiger partial charge is 0.270 e. The maximum absolute atomic E-state index is 12.5. The molecule has 0 saturated heterocycles. The minimum absolute atomic E-state index is 0.124. The van der Waals surface area contributed by atoms with Gasteiger partial charge in [-0.15, -0.1) is 34.0 Å². The van der Waals surface area contributed by atoms with Crippen molar-refractivity contribution in [2.75, 3.05) is 26.5 Å². The summed E-state index contributed by atoms with van der Waals surface area (Å²) in [5.41, 5.74) is 4.05. The first-order valence-corrected chi connectivity index (χ1v) is 30.5. The van der Waals surface area contributed by atoms with Gasteiger partial charge in [0.15, 0.2) is 5.16 Å². The van der Waals surface area contributed by atoms with Crippen molar-refractivity contribution in [2.45, 2.75) is 42.7 Å². The molecule has 2 N–H and O–H groups in total. The summed E-state index contributed by atoms with van der Waals surface area (Å²) < 4.78 is 82.8. The molecule has 0 fully saturated rings. The van der Waals surface area contributed by atoms with Gasteiger partial charge in [0.1, 0.15) is 30.5 Å². The van der Waals surface area contributed by atoms with Gasteiger partial charge in [0.2, 0.25) is 25.2 Å². The van der Waals surface area contributed by atoms with Crippen molar-refractivity contribution < 1.29 is 34.5 Å². The molecule has 2 aromatic carbocycles. The second kappa shape index (κ2) is 26.1. The number of hydrogen-bond donors (Lipinski definition) is 2. The van der Waals surface area contributed by atoms with E-state index in [-0.39, 0.29) is 12.6 Å². The molecule has 0 aliphatic rings. The Kier molecular flexibility index (Phi) is 20.7. The van der Waals surface area contributed by atoms with E-state index in [4.69, 9.17) is 38.2 Å². The zero-order chi connectivity index (χ0) is 50.3. The summed E-state index contributed by atoms with van der Waals surface area (Å²) in [5, 5.41) is 2.32. The summed E-state index contributed by atoms with van der Waals surface area (Å²) in [6.07, 6.45) is 7.92. The lowest BCUT2D eigenvalue weighted by Crippen LogP contribution is -2.25. The highest BCUT2D eigenvalue weighted by atomic mass is 35.7. The van der Waals surface area contributed by atoms with Gasteiger partial charge in [0.25, 0.3) is 9.05 Å². The Balaban J connectivity index is 0.000000177. The van der Waals surface area contributed by atoms with Gasteiger partial charge in [-0.1, -0.05) is 59.2 Å². The number of sulfonamides is 2. The Labute approximate surface area is 440 Å². The smallest absolute Gasteiger partial charge is 0.242 e. The SMILES string of the molecule is COOSc1nccc(-c2ccc(S(=O)(=O)NCCc3ccc(Cl)cc3)s2)n1.CSc1nccc(-c2ccc(S(=O)(=O)Cl)s2)n1.Cc1nccc(-c2ccc(S(=O)(=O)NCCc3ccc(Cl)cc3)s2)n1. The van der Waals surface area contributed by atoms with E-state index in [0.29, 0.717) is 68.4 Å². The number of thioether (sulfide) groups is 1. The van der Waals surface area contributed by atoms with E-state index in [1.165, 1.54) is 36.3 Å². The third-order valence-corrected chi connectivity index (χ3v) is 19.8. The van der Waals surface area contributed by atoms with Crippen LogP contribution in [0.25, 0.3) is 31.7 Å². The van der Waals surface area contributed by atoms with Crippen LogP contribution in [0.2, 0.25) is 10.0 Å². The molecular formula is C43H39Cl3N8O8S8. The molecule has 8 aromatic rings. The molecule has 16 nitrogen and oxygen atoms in total. The Morgan fingerprint density at radius 3 is 1.40 bits per heavy atom. The van der Waals surface area contributed by atoms with Crippen LogP contribution in [-0.2, 0) is 51.2 Å². The van der Waals surface area contributed by atoms with E-state index < -0.39 is 29.1 Å². The quantitative estimate of drug-likeness (QED) is 0.0204. The Hall–Kier alpha value is -3.96. The highest BCUT2D eigenvalue weighted by Gasteiger charge is 2.20. The molecule has 0 unspecified atom stereocenters. The fourth-order valence-electron chi connectivity index (χ4n) is 5.65. The van der Waals surface area contributed by atoms with Crippen molar-refractivity contribution in [3.05, 3.63) is 149 Å². The maximum Gasteiger partial charge on any atom is 0.270 e. The van der Waals surface area contributed by atoms with Crippen molar-refractivity contribution in [1.29, 1.82) is 0 Å². The monoisotopic (exact) mass is 1160 g/mol. The first-order chi connectivity index (χ1) is 33.4. The van der Waals surface area contributed by atoms with Crippen LogP contribution in [0.15, 0.2) is 145 Å². The van der Waals surface area contributed by atoms with E-state index in [2.05, 4.69) is 44.2 Å². The Bertz CT molecular complexity index is 3330. The highest BCUT2D eigenvalue weighted by Crippen LogP contribution is 2.33. The van der Waals surface area contributed by atoms with Crippen molar-refractivity contribution in [3.8, 4) is 31.7 Å². The minimum Gasteiger partial charge on any atom is -0.242 e. The molecule has 0 amide bonds. The van der Waals surface area contributed by atoms with E-state index in [1.807, 2.05) is 30.5 Å². The molecule has 0 aliphatic carbocycles. The average Bonchev–Trinajstić information content (AvgIpc) is 4.16. The zero-order valence-electron chi connectivity index (χ0n) is 36.7. The summed E-state index contributed by atoms with van der Waals surface area (Å²) in [6, 6.07) is 29.7. The topological polar surface area (TPSA) is 222 Å². The van der Waals surface area contributed by atoms with Crippen LogP contribution in [-0.4, -0.2) is 81.6 Å². The van der Waals surface area contributed by atoms with Gasteiger partial charge in [-0.05, 0) is 116 Å². The second-order valence-corrected chi connectivity index (χ2v) is 26.1. The minimum atomic E-state index is -3.66. The number of nitrogens with one attached hydrogen (secondary N) is 2.